The van der Waals surface area contributed by atoms with E-state index in [9.17, 15) is 4.79 Å². The molecule has 5 heteroatoms. The molecule has 0 bridgehead atoms. The number of hydrogen-bond acceptors (Lipinski definition) is 4. The Bertz CT molecular complexity index is 142. The van der Waals surface area contributed by atoms with E-state index >= 15 is 0 Å². The van der Waals surface area contributed by atoms with Crippen LogP contribution in [0.25, 0.3) is 0 Å². The van der Waals surface area contributed by atoms with Crippen LogP contribution in [0.2, 0.25) is 0 Å². The smallest absolute Gasteiger partial charge is 0.219 e. The Morgan fingerprint density at radius 1 is 1.24 bits per heavy atom. The molecule has 17 heavy (non-hydrogen) atoms. The SMILES string of the molecule is CC.CCC(=O)NCCCC[C@H](O)CO.CO. The first-order chi connectivity index (χ1) is 8.20. The van der Waals surface area contributed by atoms with Crippen molar-refractivity contribution in [1.82, 2.24) is 5.32 Å². The summed E-state index contributed by atoms with van der Waals surface area (Å²) in [7, 11) is 1.00. The molecule has 0 spiro atoms. The van der Waals surface area contributed by atoms with Crippen molar-refractivity contribution in [2.24, 2.45) is 0 Å². The zero-order valence-corrected chi connectivity index (χ0v) is 11.6. The fourth-order valence-electron chi connectivity index (χ4n) is 0.949. The first-order valence-electron chi connectivity index (χ1n) is 6.21. The van der Waals surface area contributed by atoms with Crippen molar-refractivity contribution in [1.29, 1.82) is 0 Å². The summed E-state index contributed by atoms with van der Waals surface area (Å²) in [5, 5.41) is 27.2. The number of carbonyl (C=O) groups is 1. The molecule has 1 atom stereocenters. The van der Waals surface area contributed by atoms with Crippen LogP contribution in [-0.4, -0.2) is 47.6 Å². The third-order valence-corrected chi connectivity index (χ3v) is 1.82. The van der Waals surface area contributed by atoms with E-state index in [4.69, 9.17) is 15.3 Å². The molecular formula is C12H29NO4. The summed E-state index contributed by atoms with van der Waals surface area (Å²) in [5.74, 6) is 0.0581. The Kier molecular flexibility index (Phi) is 26.4. The molecule has 1 amide bonds. The van der Waals surface area contributed by atoms with Crippen molar-refractivity contribution in [2.75, 3.05) is 20.3 Å². The van der Waals surface area contributed by atoms with E-state index in [1.165, 1.54) is 0 Å². The number of carbonyl (C=O) groups excluding carboxylic acids is 1. The molecule has 0 aliphatic heterocycles. The van der Waals surface area contributed by atoms with Crippen molar-refractivity contribution in [3.05, 3.63) is 0 Å². The zero-order chi connectivity index (χ0) is 14.1. The van der Waals surface area contributed by atoms with Crippen molar-refractivity contribution in [3.8, 4) is 0 Å². The lowest BCUT2D eigenvalue weighted by Gasteiger charge is -2.06. The Balaban J connectivity index is -0.000000439. The summed E-state index contributed by atoms with van der Waals surface area (Å²) in [4.78, 5) is 10.8. The average Bonchev–Trinajstić information content (AvgIpc) is 2.42. The lowest BCUT2D eigenvalue weighted by atomic mass is 10.1. The molecule has 0 rings (SSSR count). The normalized spacial score (nSPS) is 10.3. The van der Waals surface area contributed by atoms with Crippen molar-refractivity contribution in [3.63, 3.8) is 0 Å². The minimum atomic E-state index is -0.609. The highest BCUT2D eigenvalue weighted by molar-refractivity contribution is 5.75. The molecule has 0 saturated heterocycles. The van der Waals surface area contributed by atoms with E-state index in [1.807, 2.05) is 20.8 Å². The highest BCUT2D eigenvalue weighted by Gasteiger charge is 2.01. The second-order valence-electron chi connectivity index (χ2n) is 3.04. The van der Waals surface area contributed by atoms with Gasteiger partial charge in [0.05, 0.1) is 12.7 Å². The number of rotatable bonds is 7. The van der Waals surface area contributed by atoms with E-state index in [-0.39, 0.29) is 12.5 Å². The van der Waals surface area contributed by atoms with Gasteiger partial charge in [0, 0.05) is 20.1 Å². The van der Waals surface area contributed by atoms with Crippen LogP contribution >= 0.6 is 0 Å². The second-order valence-corrected chi connectivity index (χ2v) is 3.04. The summed E-state index contributed by atoms with van der Waals surface area (Å²) in [6, 6.07) is 0. The Morgan fingerprint density at radius 2 is 1.76 bits per heavy atom. The molecule has 0 aromatic heterocycles. The van der Waals surface area contributed by atoms with Crippen LogP contribution in [0.15, 0.2) is 0 Å². The van der Waals surface area contributed by atoms with Gasteiger partial charge in [-0.05, 0) is 19.3 Å². The monoisotopic (exact) mass is 251 g/mol. The van der Waals surface area contributed by atoms with Gasteiger partial charge in [-0.1, -0.05) is 20.8 Å². The van der Waals surface area contributed by atoms with Crippen molar-refractivity contribution < 1.29 is 20.1 Å². The largest absolute Gasteiger partial charge is 0.400 e. The number of aliphatic hydroxyl groups is 3. The van der Waals surface area contributed by atoms with Gasteiger partial charge < -0.3 is 20.6 Å². The van der Waals surface area contributed by atoms with E-state index in [2.05, 4.69) is 5.32 Å². The van der Waals surface area contributed by atoms with Crippen molar-refractivity contribution >= 4 is 5.91 Å². The lowest BCUT2D eigenvalue weighted by molar-refractivity contribution is -0.120. The van der Waals surface area contributed by atoms with Crippen LogP contribution in [0.1, 0.15) is 46.5 Å². The quantitative estimate of drug-likeness (QED) is 0.501. The van der Waals surface area contributed by atoms with Crippen LogP contribution in [-0.2, 0) is 4.79 Å². The maximum absolute atomic E-state index is 10.8. The first kappa shape index (κ1) is 21.6. The number of unbranched alkanes of at least 4 members (excludes halogenated alkanes) is 1. The second kappa shape index (κ2) is 20.7. The minimum Gasteiger partial charge on any atom is -0.400 e. The van der Waals surface area contributed by atoms with Crippen LogP contribution in [0.4, 0.5) is 0 Å². The summed E-state index contributed by atoms with van der Waals surface area (Å²) < 4.78 is 0. The van der Waals surface area contributed by atoms with Gasteiger partial charge in [-0.3, -0.25) is 4.79 Å². The van der Waals surface area contributed by atoms with E-state index in [1.54, 1.807) is 0 Å². The first-order valence-corrected chi connectivity index (χ1v) is 6.21. The van der Waals surface area contributed by atoms with Gasteiger partial charge in [-0.15, -0.1) is 0 Å². The highest BCUT2D eigenvalue weighted by atomic mass is 16.3. The third kappa shape index (κ3) is 21.2. The van der Waals surface area contributed by atoms with Gasteiger partial charge in [0.15, 0.2) is 0 Å². The number of amides is 1. The zero-order valence-electron chi connectivity index (χ0n) is 11.6. The van der Waals surface area contributed by atoms with Gasteiger partial charge in [0.1, 0.15) is 0 Å². The number of hydrogen-bond donors (Lipinski definition) is 4. The van der Waals surface area contributed by atoms with E-state index < -0.39 is 6.10 Å². The van der Waals surface area contributed by atoms with Crippen LogP contribution in [0.3, 0.4) is 0 Å². The number of nitrogens with one attached hydrogen (secondary N) is 1. The Hall–Kier alpha value is -0.650. The molecule has 106 valence electrons. The molecular weight excluding hydrogens is 222 g/mol. The summed E-state index contributed by atoms with van der Waals surface area (Å²) >= 11 is 0. The maximum Gasteiger partial charge on any atom is 0.219 e. The van der Waals surface area contributed by atoms with Gasteiger partial charge in [0.25, 0.3) is 0 Å². The molecule has 0 aromatic rings. The van der Waals surface area contributed by atoms with Gasteiger partial charge in [0.2, 0.25) is 5.91 Å². The number of aliphatic hydroxyl groups excluding tert-OH is 3. The standard InChI is InChI=1S/C9H19NO3.C2H6.CH4O/c1-2-9(13)10-6-4-3-5-8(12)7-11;2*1-2/h8,11-12H,2-7H2,1H3,(H,10,13);1-2H3;2H,1H3/t8-;;/m0../s1. The predicted molar refractivity (Wildman–Crippen MR) is 69.7 cm³/mol. The van der Waals surface area contributed by atoms with Gasteiger partial charge in [-0.25, -0.2) is 0 Å². The van der Waals surface area contributed by atoms with E-state index in [0.717, 1.165) is 20.0 Å². The topological polar surface area (TPSA) is 89.8 Å². The molecule has 0 heterocycles. The molecule has 0 aliphatic rings. The highest BCUT2D eigenvalue weighted by Crippen LogP contribution is 1.98. The van der Waals surface area contributed by atoms with Gasteiger partial charge in [-0.2, -0.15) is 0 Å². The molecule has 0 aromatic carbocycles. The Morgan fingerprint density at radius 3 is 2.18 bits per heavy atom. The molecule has 0 radical (unpaired) electrons. The third-order valence-electron chi connectivity index (χ3n) is 1.82. The summed E-state index contributed by atoms with van der Waals surface area (Å²) in [6.07, 6.45) is 2.17. The minimum absolute atomic E-state index is 0.0581. The molecule has 5 nitrogen and oxygen atoms in total. The lowest BCUT2D eigenvalue weighted by Crippen LogP contribution is -2.23. The molecule has 0 fully saturated rings. The molecule has 0 saturated carbocycles. The van der Waals surface area contributed by atoms with Crippen LogP contribution in [0, 0.1) is 0 Å². The molecule has 4 N–H and O–H groups in total. The Labute approximate surface area is 105 Å². The summed E-state index contributed by atoms with van der Waals surface area (Å²) in [5.41, 5.74) is 0. The molecule has 0 aliphatic carbocycles. The summed E-state index contributed by atoms with van der Waals surface area (Å²) in [6.45, 7) is 6.29. The predicted octanol–water partition coefficient (Wildman–Crippen LogP) is 0.671. The van der Waals surface area contributed by atoms with Crippen molar-refractivity contribution in [2.45, 2.75) is 52.6 Å². The van der Waals surface area contributed by atoms with Crippen LogP contribution < -0.4 is 5.32 Å². The maximum atomic E-state index is 10.8. The van der Waals surface area contributed by atoms with Crippen LogP contribution in [0.5, 0.6) is 0 Å². The molecule has 0 unspecified atom stereocenters. The fraction of sp³-hybridized carbons (Fsp3) is 0.917. The average molecular weight is 251 g/mol. The van der Waals surface area contributed by atoms with Gasteiger partial charge >= 0.3 is 0 Å². The van der Waals surface area contributed by atoms with E-state index in [0.29, 0.717) is 19.4 Å². The fourth-order valence-corrected chi connectivity index (χ4v) is 0.949.